The maximum absolute atomic E-state index is 3.74. The highest BCUT2D eigenvalue weighted by molar-refractivity contribution is 14.1. The Morgan fingerprint density at radius 2 is 1.75 bits per heavy atom. The molecular weight excluding hydrogens is 531 g/mol. The fraction of sp³-hybridized carbons (Fsp3) is 0.0909. The van der Waals surface area contributed by atoms with E-state index in [9.17, 15) is 0 Å². The maximum Gasteiger partial charge on any atom is 0.0757 e. The van der Waals surface area contributed by atoms with Gasteiger partial charge in [-0.3, -0.25) is 0 Å². The zero-order valence-corrected chi connectivity index (χ0v) is 15.6. The van der Waals surface area contributed by atoms with Crippen molar-refractivity contribution < 1.29 is 0 Å². The Morgan fingerprint density at radius 1 is 1.12 bits per heavy atom. The summed E-state index contributed by atoms with van der Waals surface area (Å²) in [4.78, 5) is 0.237. The zero-order valence-electron chi connectivity index (χ0n) is 7.88. The van der Waals surface area contributed by atoms with E-state index in [4.69, 9.17) is 0 Å². The molecule has 84 valence electrons. The molecule has 16 heavy (non-hydrogen) atoms. The molecule has 0 fully saturated rings. The SMILES string of the molecule is Brc1cc(C(Br)c2ccc(I)cc2)c(Br)s1. The Morgan fingerprint density at radius 3 is 2.25 bits per heavy atom. The molecule has 1 unspecified atom stereocenters. The minimum Gasteiger partial charge on any atom is -0.121 e. The fourth-order valence-electron chi connectivity index (χ4n) is 1.34. The third-order valence-electron chi connectivity index (χ3n) is 2.12. The Kier molecular flexibility index (Phi) is 4.92. The summed E-state index contributed by atoms with van der Waals surface area (Å²) in [7, 11) is 0. The number of rotatable bonds is 2. The van der Waals surface area contributed by atoms with E-state index in [1.807, 2.05) is 0 Å². The van der Waals surface area contributed by atoms with Crippen LogP contribution in [0.5, 0.6) is 0 Å². The molecule has 0 nitrogen and oxygen atoms in total. The zero-order chi connectivity index (χ0) is 11.7. The molecule has 1 heterocycles. The third kappa shape index (κ3) is 3.10. The minimum absolute atomic E-state index is 0.237. The number of thiophene rings is 1. The minimum atomic E-state index is 0.237. The molecule has 0 bridgehead atoms. The molecule has 0 aliphatic heterocycles. The molecule has 0 N–H and O–H groups in total. The van der Waals surface area contributed by atoms with Crippen molar-refractivity contribution in [1.82, 2.24) is 0 Å². The van der Waals surface area contributed by atoms with Gasteiger partial charge < -0.3 is 0 Å². The molecule has 0 saturated heterocycles. The lowest BCUT2D eigenvalue weighted by molar-refractivity contribution is 1.18. The smallest absolute Gasteiger partial charge is 0.0757 e. The number of hydrogen-bond acceptors (Lipinski definition) is 1. The van der Waals surface area contributed by atoms with E-state index in [0.717, 1.165) is 3.79 Å². The average Bonchev–Trinajstić information content (AvgIpc) is 2.58. The van der Waals surface area contributed by atoms with Crippen LogP contribution in [0.4, 0.5) is 0 Å². The van der Waals surface area contributed by atoms with Crippen molar-refractivity contribution in [3.63, 3.8) is 0 Å². The molecule has 0 amide bonds. The van der Waals surface area contributed by atoms with E-state index in [2.05, 4.69) is 101 Å². The Bertz CT molecular complexity index is 492. The predicted molar refractivity (Wildman–Crippen MR) is 89.6 cm³/mol. The molecule has 0 radical (unpaired) electrons. The molecule has 2 aromatic rings. The van der Waals surface area contributed by atoms with Gasteiger partial charge in [0, 0.05) is 3.57 Å². The summed E-state index contributed by atoms with van der Waals surface area (Å²) in [5.74, 6) is 0. The van der Waals surface area contributed by atoms with Crippen LogP contribution in [0, 0.1) is 3.57 Å². The third-order valence-corrected chi connectivity index (χ3v) is 6.25. The van der Waals surface area contributed by atoms with E-state index in [-0.39, 0.29) is 4.83 Å². The molecule has 2 rings (SSSR count). The quantitative estimate of drug-likeness (QED) is 0.309. The summed E-state index contributed by atoms with van der Waals surface area (Å²) >= 11 is 14.8. The second kappa shape index (κ2) is 5.82. The molecule has 0 saturated carbocycles. The van der Waals surface area contributed by atoms with Crippen molar-refractivity contribution in [2.24, 2.45) is 0 Å². The predicted octanol–water partition coefficient (Wildman–Crippen LogP) is 6.36. The molecule has 0 spiro atoms. The van der Waals surface area contributed by atoms with E-state index in [1.54, 1.807) is 11.3 Å². The van der Waals surface area contributed by atoms with Crippen LogP contribution in [0.3, 0.4) is 0 Å². The molecule has 0 aliphatic carbocycles. The van der Waals surface area contributed by atoms with Crippen LogP contribution in [-0.2, 0) is 0 Å². The summed E-state index contributed by atoms with van der Waals surface area (Å²) in [5.41, 5.74) is 2.53. The van der Waals surface area contributed by atoms with Crippen molar-refractivity contribution in [2.45, 2.75) is 4.83 Å². The van der Waals surface area contributed by atoms with Crippen LogP contribution in [0.25, 0.3) is 0 Å². The van der Waals surface area contributed by atoms with Gasteiger partial charge in [-0.1, -0.05) is 28.1 Å². The standard InChI is InChI=1S/C11H6Br3IS/c12-9-5-8(11(14)16-9)10(13)6-1-3-7(15)4-2-6/h1-5,10H. The van der Waals surface area contributed by atoms with E-state index in [0.29, 0.717) is 0 Å². The second-order valence-corrected chi connectivity index (χ2v) is 9.10. The number of alkyl halides is 1. The van der Waals surface area contributed by atoms with Crippen molar-refractivity contribution in [3.05, 3.63) is 52.6 Å². The maximum atomic E-state index is 3.74. The van der Waals surface area contributed by atoms with Gasteiger partial charge in [-0.25, -0.2) is 0 Å². The first-order valence-electron chi connectivity index (χ1n) is 4.42. The largest absolute Gasteiger partial charge is 0.121 e. The summed E-state index contributed by atoms with van der Waals surface area (Å²) in [5, 5.41) is 0. The molecule has 1 aromatic carbocycles. The average molecular weight is 537 g/mol. The van der Waals surface area contributed by atoms with Crippen molar-refractivity contribution in [2.75, 3.05) is 0 Å². The Balaban J connectivity index is 2.35. The van der Waals surface area contributed by atoms with Gasteiger partial charge in [-0.15, -0.1) is 11.3 Å². The van der Waals surface area contributed by atoms with Gasteiger partial charge in [0.2, 0.25) is 0 Å². The molecule has 5 heteroatoms. The number of hydrogen-bond donors (Lipinski definition) is 0. The van der Waals surface area contributed by atoms with Gasteiger partial charge in [-0.05, 0) is 83.8 Å². The van der Waals surface area contributed by atoms with Gasteiger partial charge in [0.05, 0.1) is 12.4 Å². The first-order valence-corrected chi connectivity index (χ1v) is 8.82. The highest BCUT2D eigenvalue weighted by Gasteiger charge is 2.16. The summed E-state index contributed by atoms with van der Waals surface area (Å²) < 4.78 is 3.57. The summed E-state index contributed by atoms with van der Waals surface area (Å²) in [6.07, 6.45) is 0. The number of benzene rings is 1. The highest BCUT2D eigenvalue weighted by atomic mass is 127. The van der Waals surface area contributed by atoms with E-state index in [1.165, 1.54) is 18.5 Å². The first kappa shape index (κ1) is 13.5. The fourth-order valence-corrected chi connectivity index (χ4v) is 5.72. The van der Waals surface area contributed by atoms with Gasteiger partial charge in [0.15, 0.2) is 0 Å². The lowest BCUT2D eigenvalue weighted by Crippen LogP contribution is -1.91. The Hall–Kier alpha value is 1.09. The lowest BCUT2D eigenvalue weighted by Gasteiger charge is -2.09. The van der Waals surface area contributed by atoms with E-state index >= 15 is 0 Å². The Labute approximate surface area is 137 Å². The van der Waals surface area contributed by atoms with Crippen LogP contribution in [-0.4, -0.2) is 0 Å². The van der Waals surface area contributed by atoms with Crippen LogP contribution in [0.2, 0.25) is 0 Å². The molecular formula is C11H6Br3IS. The van der Waals surface area contributed by atoms with Crippen molar-refractivity contribution in [1.29, 1.82) is 0 Å². The van der Waals surface area contributed by atoms with Crippen molar-refractivity contribution in [3.8, 4) is 0 Å². The molecule has 1 aromatic heterocycles. The number of halogens is 4. The topological polar surface area (TPSA) is 0 Å². The first-order chi connectivity index (χ1) is 7.58. The van der Waals surface area contributed by atoms with Gasteiger partial charge in [0.1, 0.15) is 0 Å². The van der Waals surface area contributed by atoms with Crippen molar-refractivity contribution >= 4 is 81.7 Å². The monoisotopic (exact) mass is 534 g/mol. The van der Waals surface area contributed by atoms with Gasteiger partial charge in [0.25, 0.3) is 0 Å². The van der Waals surface area contributed by atoms with E-state index < -0.39 is 0 Å². The van der Waals surface area contributed by atoms with Gasteiger partial charge >= 0.3 is 0 Å². The second-order valence-electron chi connectivity index (χ2n) is 3.19. The van der Waals surface area contributed by atoms with Crippen LogP contribution in [0.15, 0.2) is 37.9 Å². The normalized spacial score (nSPS) is 12.8. The van der Waals surface area contributed by atoms with Gasteiger partial charge in [-0.2, -0.15) is 0 Å². The lowest BCUT2D eigenvalue weighted by atomic mass is 10.1. The summed E-state index contributed by atoms with van der Waals surface area (Å²) in [6, 6.07) is 10.7. The van der Waals surface area contributed by atoms with Crippen LogP contribution >= 0.6 is 81.7 Å². The van der Waals surface area contributed by atoms with Crippen LogP contribution in [0.1, 0.15) is 16.0 Å². The molecule has 0 aliphatic rings. The molecule has 1 atom stereocenters. The van der Waals surface area contributed by atoms with Crippen LogP contribution < -0.4 is 0 Å². The summed E-state index contributed by atoms with van der Waals surface area (Å²) in [6.45, 7) is 0. The highest BCUT2D eigenvalue weighted by Crippen LogP contribution is 2.41.